The number of amides is 2. The molecule has 0 aliphatic carbocycles. The van der Waals surface area contributed by atoms with Gasteiger partial charge in [0.1, 0.15) is 17.7 Å². The number of anilines is 1. The van der Waals surface area contributed by atoms with Gasteiger partial charge >= 0.3 is 0 Å². The molecule has 3 rings (SSSR count). The maximum absolute atomic E-state index is 13.2. The number of aliphatic hydroxyl groups excluding tert-OH is 1. The van der Waals surface area contributed by atoms with Crippen LogP contribution >= 0.6 is 0 Å². The van der Waals surface area contributed by atoms with Crippen LogP contribution in [0.4, 0.5) is 5.82 Å². The second-order valence-electron chi connectivity index (χ2n) is 7.87. The van der Waals surface area contributed by atoms with E-state index in [2.05, 4.69) is 9.97 Å². The minimum atomic E-state index is -1.62. The monoisotopic (exact) mass is 457 g/mol. The summed E-state index contributed by atoms with van der Waals surface area (Å²) in [4.78, 5) is 37.1. The molecule has 33 heavy (non-hydrogen) atoms. The van der Waals surface area contributed by atoms with Gasteiger partial charge in [0.15, 0.2) is 0 Å². The predicted molar refractivity (Wildman–Crippen MR) is 121 cm³/mol. The number of ether oxygens (including phenoxy) is 1. The molecular formula is C23H31N5O5. The van der Waals surface area contributed by atoms with Crippen LogP contribution in [0.2, 0.25) is 0 Å². The Hall–Kier alpha value is -3.24. The second kappa shape index (κ2) is 12.1. The summed E-state index contributed by atoms with van der Waals surface area (Å²) in [6, 6.07) is 7.72. The van der Waals surface area contributed by atoms with E-state index in [9.17, 15) is 14.7 Å². The zero-order valence-electron chi connectivity index (χ0n) is 18.8. The zero-order chi connectivity index (χ0) is 23.6. The van der Waals surface area contributed by atoms with E-state index in [4.69, 9.17) is 9.94 Å². The Kier molecular flexibility index (Phi) is 8.96. The molecule has 3 N–H and O–H groups in total. The number of benzene rings is 1. The zero-order valence-corrected chi connectivity index (χ0v) is 18.8. The van der Waals surface area contributed by atoms with Crippen LogP contribution in [0.3, 0.4) is 0 Å². The quantitative estimate of drug-likeness (QED) is 0.357. The molecule has 2 amide bonds. The van der Waals surface area contributed by atoms with Crippen LogP contribution in [0.25, 0.3) is 0 Å². The van der Waals surface area contributed by atoms with Crippen LogP contribution in [0.15, 0.2) is 42.9 Å². The van der Waals surface area contributed by atoms with Crippen LogP contribution in [0.1, 0.15) is 25.3 Å². The van der Waals surface area contributed by atoms with E-state index >= 15 is 0 Å². The summed E-state index contributed by atoms with van der Waals surface area (Å²) in [5, 5.41) is 19.4. The number of aromatic nitrogens is 2. The summed E-state index contributed by atoms with van der Waals surface area (Å²) in [6.07, 6.45) is 4.87. The fourth-order valence-electron chi connectivity index (χ4n) is 3.96. The Morgan fingerprint density at radius 3 is 2.48 bits per heavy atom. The highest BCUT2D eigenvalue weighted by atomic mass is 16.5. The molecule has 0 spiro atoms. The van der Waals surface area contributed by atoms with Crippen molar-refractivity contribution in [2.24, 2.45) is 5.92 Å². The molecule has 1 aliphatic rings. The predicted octanol–water partition coefficient (Wildman–Crippen LogP) is 1.03. The molecule has 2 heterocycles. The van der Waals surface area contributed by atoms with Crippen molar-refractivity contribution in [2.45, 2.75) is 32.3 Å². The SMILES string of the molecule is CCOc1ccc(CCCC(C(=O)N2CCN(c3cnccn3)CC2)[C@H](O)C(=O)NO)cc1. The Bertz CT molecular complexity index is 888. The summed E-state index contributed by atoms with van der Waals surface area (Å²) in [5.41, 5.74) is 2.53. The maximum atomic E-state index is 13.2. The Balaban J connectivity index is 1.59. The van der Waals surface area contributed by atoms with Gasteiger partial charge in [-0.2, -0.15) is 0 Å². The van der Waals surface area contributed by atoms with Crippen LogP contribution in [-0.4, -0.2) is 75.9 Å². The molecule has 10 nitrogen and oxygen atoms in total. The van der Waals surface area contributed by atoms with Crippen molar-refractivity contribution in [2.75, 3.05) is 37.7 Å². The summed E-state index contributed by atoms with van der Waals surface area (Å²) in [5.74, 6) is -0.673. The molecule has 1 fully saturated rings. The molecule has 1 aromatic carbocycles. The van der Waals surface area contributed by atoms with Crippen molar-refractivity contribution in [3.05, 3.63) is 48.4 Å². The number of hydrogen-bond acceptors (Lipinski definition) is 8. The molecule has 1 aliphatic heterocycles. The fourth-order valence-corrected chi connectivity index (χ4v) is 3.96. The van der Waals surface area contributed by atoms with Crippen molar-refractivity contribution in [3.63, 3.8) is 0 Å². The molecule has 10 heteroatoms. The van der Waals surface area contributed by atoms with Crippen molar-refractivity contribution >= 4 is 17.6 Å². The lowest BCUT2D eigenvalue weighted by Gasteiger charge is -2.37. The first kappa shape index (κ1) is 24.4. The summed E-state index contributed by atoms with van der Waals surface area (Å²) < 4.78 is 5.45. The number of carbonyl (C=O) groups is 2. The van der Waals surface area contributed by atoms with Crippen LogP contribution in [-0.2, 0) is 16.0 Å². The molecule has 0 saturated carbocycles. The highest BCUT2D eigenvalue weighted by Crippen LogP contribution is 2.21. The standard InChI is InChI=1S/C23H31N5O5/c1-2-33-18-8-6-17(7-9-18)4-3-5-19(21(29)22(30)26-32)23(31)28-14-12-27(13-15-28)20-16-24-10-11-25-20/h6-11,16,19,21,29,32H,2-5,12-15H2,1H3,(H,26,30)/t19?,21-/m0/s1. The van der Waals surface area contributed by atoms with Gasteiger partial charge in [-0.25, -0.2) is 10.5 Å². The Morgan fingerprint density at radius 2 is 1.88 bits per heavy atom. The van der Waals surface area contributed by atoms with Crippen LogP contribution in [0.5, 0.6) is 5.75 Å². The van der Waals surface area contributed by atoms with Gasteiger partial charge in [0, 0.05) is 38.6 Å². The molecule has 1 unspecified atom stereocenters. The van der Waals surface area contributed by atoms with E-state index in [1.165, 1.54) is 5.48 Å². The summed E-state index contributed by atoms with van der Waals surface area (Å²) in [7, 11) is 0. The molecule has 0 radical (unpaired) electrons. The number of hydroxylamine groups is 1. The Morgan fingerprint density at radius 1 is 1.15 bits per heavy atom. The molecule has 1 saturated heterocycles. The number of piperazine rings is 1. The first-order chi connectivity index (χ1) is 16.0. The molecule has 2 atom stereocenters. The third-order valence-electron chi connectivity index (χ3n) is 5.76. The van der Waals surface area contributed by atoms with Crippen molar-refractivity contribution in [3.8, 4) is 5.75 Å². The van der Waals surface area contributed by atoms with Gasteiger partial charge in [-0.15, -0.1) is 0 Å². The first-order valence-corrected chi connectivity index (χ1v) is 11.2. The van der Waals surface area contributed by atoms with Gasteiger partial charge in [-0.05, 0) is 43.9 Å². The fraction of sp³-hybridized carbons (Fsp3) is 0.478. The largest absolute Gasteiger partial charge is 0.494 e. The minimum Gasteiger partial charge on any atom is -0.494 e. The topological polar surface area (TPSA) is 128 Å². The lowest BCUT2D eigenvalue weighted by atomic mass is 9.92. The Labute approximate surface area is 193 Å². The molecule has 1 aromatic heterocycles. The lowest BCUT2D eigenvalue weighted by molar-refractivity contribution is -0.151. The van der Waals surface area contributed by atoms with Crippen LogP contribution in [0, 0.1) is 5.92 Å². The number of rotatable bonds is 10. The van der Waals surface area contributed by atoms with E-state index in [0.29, 0.717) is 52.0 Å². The van der Waals surface area contributed by atoms with Crippen molar-refractivity contribution in [1.82, 2.24) is 20.3 Å². The maximum Gasteiger partial charge on any atom is 0.272 e. The number of aryl methyl sites for hydroxylation is 1. The smallest absolute Gasteiger partial charge is 0.272 e. The molecule has 2 aromatic rings. The van der Waals surface area contributed by atoms with E-state index in [1.807, 2.05) is 36.1 Å². The average Bonchev–Trinajstić information content (AvgIpc) is 2.87. The van der Waals surface area contributed by atoms with Crippen LogP contribution < -0.4 is 15.1 Å². The summed E-state index contributed by atoms with van der Waals surface area (Å²) in [6.45, 7) is 4.56. The van der Waals surface area contributed by atoms with Gasteiger partial charge in [0.05, 0.1) is 18.7 Å². The molecular weight excluding hydrogens is 426 g/mol. The highest BCUT2D eigenvalue weighted by molar-refractivity contribution is 5.88. The number of nitrogens with one attached hydrogen (secondary N) is 1. The number of aliphatic hydroxyl groups is 1. The molecule has 178 valence electrons. The number of nitrogens with zero attached hydrogens (tertiary/aromatic N) is 4. The highest BCUT2D eigenvalue weighted by Gasteiger charge is 2.35. The van der Waals surface area contributed by atoms with E-state index in [-0.39, 0.29) is 5.91 Å². The normalized spacial score (nSPS) is 15.6. The number of hydrogen-bond donors (Lipinski definition) is 3. The van der Waals surface area contributed by atoms with E-state index in [0.717, 1.165) is 17.1 Å². The number of carbonyl (C=O) groups excluding carboxylic acids is 2. The van der Waals surface area contributed by atoms with Gasteiger partial charge in [0.25, 0.3) is 5.91 Å². The van der Waals surface area contributed by atoms with Gasteiger partial charge < -0.3 is 19.6 Å². The van der Waals surface area contributed by atoms with Crippen molar-refractivity contribution in [1.29, 1.82) is 0 Å². The van der Waals surface area contributed by atoms with Gasteiger partial charge in [0.2, 0.25) is 5.91 Å². The first-order valence-electron chi connectivity index (χ1n) is 11.2. The summed E-state index contributed by atoms with van der Waals surface area (Å²) >= 11 is 0. The lowest BCUT2D eigenvalue weighted by Crippen LogP contribution is -2.53. The van der Waals surface area contributed by atoms with Gasteiger partial charge in [-0.3, -0.25) is 19.8 Å². The minimum absolute atomic E-state index is 0.295. The molecule has 0 bridgehead atoms. The third-order valence-corrected chi connectivity index (χ3v) is 5.76. The third kappa shape index (κ3) is 6.62. The van der Waals surface area contributed by atoms with Crippen molar-refractivity contribution < 1.29 is 24.6 Å². The van der Waals surface area contributed by atoms with Gasteiger partial charge in [-0.1, -0.05) is 12.1 Å². The van der Waals surface area contributed by atoms with E-state index < -0.39 is 17.9 Å². The second-order valence-corrected chi connectivity index (χ2v) is 7.87. The average molecular weight is 458 g/mol. The van der Waals surface area contributed by atoms with E-state index in [1.54, 1.807) is 23.5 Å².